The SMILES string of the molecule is O=C(Nc1sc(-c2ccccc2)cc1C(=O)O)c1ccccc1Cl. The maximum Gasteiger partial charge on any atom is 0.338 e. The molecule has 24 heavy (non-hydrogen) atoms. The molecule has 1 aromatic heterocycles. The predicted molar refractivity (Wildman–Crippen MR) is 96.1 cm³/mol. The van der Waals surface area contributed by atoms with Crippen LogP contribution in [0.1, 0.15) is 20.7 Å². The maximum atomic E-state index is 12.4. The summed E-state index contributed by atoms with van der Waals surface area (Å²) in [5, 5.41) is 12.6. The van der Waals surface area contributed by atoms with E-state index in [-0.39, 0.29) is 10.6 Å². The number of hydrogen-bond acceptors (Lipinski definition) is 3. The van der Waals surface area contributed by atoms with Crippen molar-refractivity contribution in [3.63, 3.8) is 0 Å². The first-order chi connectivity index (χ1) is 11.6. The van der Waals surface area contributed by atoms with Crippen molar-refractivity contribution in [3.05, 3.63) is 76.8 Å². The van der Waals surface area contributed by atoms with Crippen LogP contribution in [0.4, 0.5) is 5.00 Å². The van der Waals surface area contributed by atoms with Gasteiger partial charge in [-0.15, -0.1) is 11.3 Å². The zero-order chi connectivity index (χ0) is 17.1. The number of halogens is 1. The van der Waals surface area contributed by atoms with Crippen LogP contribution in [-0.4, -0.2) is 17.0 Å². The van der Waals surface area contributed by atoms with Crippen LogP contribution in [0.15, 0.2) is 60.7 Å². The second-order valence-electron chi connectivity index (χ2n) is 4.96. The van der Waals surface area contributed by atoms with Crippen LogP contribution in [0, 0.1) is 0 Å². The molecule has 0 aliphatic heterocycles. The Bertz CT molecular complexity index is 906. The Morgan fingerprint density at radius 1 is 0.958 bits per heavy atom. The molecule has 0 saturated carbocycles. The average Bonchev–Trinajstić information content (AvgIpc) is 3.00. The normalized spacial score (nSPS) is 10.4. The molecule has 1 heterocycles. The van der Waals surface area contributed by atoms with Crippen LogP contribution >= 0.6 is 22.9 Å². The number of carboxylic acids is 1. The van der Waals surface area contributed by atoms with Crippen molar-refractivity contribution in [1.29, 1.82) is 0 Å². The van der Waals surface area contributed by atoms with Gasteiger partial charge in [-0.2, -0.15) is 0 Å². The molecule has 0 fully saturated rings. The Hall–Kier alpha value is -2.63. The number of carboxylic acid groups (broad SMARTS) is 1. The first-order valence-electron chi connectivity index (χ1n) is 7.04. The molecule has 0 aliphatic rings. The van der Waals surface area contributed by atoms with Gasteiger partial charge in [-0.25, -0.2) is 4.79 Å². The standard InChI is InChI=1S/C18H12ClNO3S/c19-14-9-5-4-8-12(14)16(21)20-17-13(18(22)23)10-15(24-17)11-6-2-1-3-7-11/h1-10H,(H,20,21)(H,22,23). The van der Waals surface area contributed by atoms with E-state index in [1.165, 1.54) is 11.3 Å². The van der Waals surface area contributed by atoms with Gasteiger partial charge in [-0.05, 0) is 23.8 Å². The lowest BCUT2D eigenvalue weighted by molar-refractivity contribution is 0.0698. The largest absolute Gasteiger partial charge is 0.478 e. The molecule has 0 aliphatic carbocycles. The highest BCUT2D eigenvalue weighted by Crippen LogP contribution is 2.36. The molecular weight excluding hydrogens is 346 g/mol. The van der Waals surface area contributed by atoms with Gasteiger partial charge in [0.1, 0.15) is 5.00 Å². The van der Waals surface area contributed by atoms with Crippen molar-refractivity contribution in [2.45, 2.75) is 0 Å². The highest BCUT2D eigenvalue weighted by molar-refractivity contribution is 7.20. The summed E-state index contributed by atoms with van der Waals surface area (Å²) in [6.07, 6.45) is 0. The van der Waals surface area contributed by atoms with Crippen LogP contribution in [0.5, 0.6) is 0 Å². The highest BCUT2D eigenvalue weighted by atomic mass is 35.5. The lowest BCUT2D eigenvalue weighted by Crippen LogP contribution is -2.13. The van der Waals surface area contributed by atoms with E-state index >= 15 is 0 Å². The van der Waals surface area contributed by atoms with Crippen molar-refractivity contribution < 1.29 is 14.7 Å². The first-order valence-corrected chi connectivity index (χ1v) is 8.24. The molecular formula is C18H12ClNO3S. The van der Waals surface area contributed by atoms with Gasteiger partial charge in [0.2, 0.25) is 0 Å². The Kier molecular flexibility index (Phi) is 4.64. The average molecular weight is 358 g/mol. The third-order valence-corrected chi connectivity index (χ3v) is 4.80. The Morgan fingerprint density at radius 2 is 1.62 bits per heavy atom. The van der Waals surface area contributed by atoms with Crippen molar-refractivity contribution in [2.75, 3.05) is 5.32 Å². The van der Waals surface area contributed by atoms with Gasteiger partial charge in [-0.3, -0.25) is 4.79 Å². The second-order valence-corrected chi connectivity index (χ2v) is 6.42. The smallest absolute Gasteiger partial charge is 0.338 e. The van der Waals surface area contributed by atoms with E-state index < -0.39 is 11.9 Å². The summed E-state index contributed by atoms with van der Waals surface area (Å²) >= 11 is 7.23. The summed E-state index contributed by atoms with van der Waals surface area (Å²) in [5.74, 6) is -1.53. The molecule has 120 valence electrons. The molecule has 3 aromatic rings. The van der Waals surface area contributed by atoms with Crippen LogP contribution < -0.4 is 5.32 Å². The number of carbonyl (C=O) groups is 2. The third kappa shape index (κ3) is 3.32. The van der Waals surface area contributed by atoms with Crippen molar-refractivity contribution >= 4 is 39.8 Å². The number of aromatic carboxylic acids is 1. The van der Waals surface area contributed by atoms with Crippen LogP contribution in [0.25, 0.3) is 10.4 Å². The van der Waals surface area contributed by atoms with Gasteiger partial charge in [-0.1, -0.05) is 54.1 Å². The number of carbonyl (C=O) groups excluding carboxylic acids is 1. The molecule has 0 bridgehead atoms. The summed E-state index contributed by atoms with van der Waals surface area (Å²) in [6.45, 7) is 0. The zero-order valence-electron chi connectivity index (χ0n) is 12.3. The van der Waals surface area contributed by atoms with E-state index in [4.69, 9.17) is 11.6 Å². The molecule has 2 N–H and O–H groups in total. The summed E-state index contributed by atoms with van der Waals surface area (Å²) < 4.78 is 0. The minimum absolute atomic E-state index is 0.0549. The minimum atomic E-state index is -1.09. The minimum Gasteiger partial charge on any atom is -0.478 e. The molecule has 3 rings (SSSR count). The van der Waals surface area contributed by atoms with Gasteiger partial charge in [0.15, 0.2) is 0 Å². The summed E-state index contributed by atoms with van der Waals surface area (Å²) in [5.41, 5.74) is 1.24. The lowest BCUT2D eigenvalue weighted by Gasteiger charge is -2.05. The fourth-order valence-electron chi connectivity index (χ4n) is 2.20. The van der Waals surface area contributed by atoms with Crippen LogP contribution in [-0.2, 0) is 0 Å². The number of thiophene rings is 1. The molecule has 4 nitrogen and oxygen atoms in total. The molecule has 0 radical (unpaired) electrons. The van der Waals surface area contributed by atoms with E-state index in [1.807, 2.05) is 30.3 Å². The molecule has 1 amide bonds. The molecule has 0 unspecified atom stereocenters. The molecule has 0 saturated heterocycles. The van der Waals surface area contributed by atoms with E-state index in [0.717, 1.165) is 10.4 Å². The van der Waals surface area contributed by atoms with Gasteiger partial charge in [0, 0.05) is 4.88 Å². The molecule has 2 aromatic carbocycles. The second kappa shape index (κ2) is 6.86. The Morgan fingerprint density at radius 3 is 2.29 bits per heavy atom. The summed E-state index contributed by atoms with van der Waals surface area (Å²) in [4.78, 5) is 24.6. The van der Waals surface area contributed by atoms with Gasteiger partial charge < -0.3 is 10.4 Å². The number of nitrogens with one attached hydrogen (secondary N) is 1. The van der Waals surface area contributed by atoms with Crippen molar-refractivity contribution in [3.8, 4) is 10.4 Å². The monoisotopic (exact) mass is 357 g/mol. The van der Waals surface area contributed by atoms with Crippen LogP contribution in [0.2, 0.25) is 5.02 Å². The third-order valence-electron chi connectivity index (χ3n) is 3.37. The molecule has 0 atom stereocenters. The molecule has 6 heteroatoms. The fourth-order valence-corrected chi connectivity index (χ4v) is 3.48. The number of anilines is 1. The number of rotatable bonds is 4. The summed E-state index contributed by atoms with van der Waals surface area (Å²) in [6, 6.07) is 17.6. The number of benzene rings is 2. The van der Waals surface area contributed by atoms with Gasteiger partial charge in [0.05, 0.1) is 16.1 Å². The van der Waals surface area contributed by atoms with Crippen molar-refractivity contribution in [2.24, 2.45) is 0 Å². The predicted octanol–water partition coefficient (Wildman–Crippen LogP) is 5.02. The Balaban J connectivity index is 1.96. The van der Waals surface area contributed by atoms with E-state index in [1.54, 1.807) is 30.3 Å². The van der Waals surface area contributed by atoms with E-state index in [2.05, 4.69) is 5.32 Å². The number of amides is 1. The molecule has 0 spiro atoms. The van der Waals surface area contributed by atoms with Gasteiger partial charge >= 0.3 is 5.97 Å². The summed E-state index contributed by atoms with van der Waals surface area (Å²) in [7, 11) is 0. The van der Waals surface area contributed by atoms with Crippen molar-refractivity contribution in [1.82, 2.24) is 0 Å². The fraction of sp³-hybridized carbons (Fsp3) is 0. The highest BCUT2D eigenvalue weighted by Gasteiger charge is 2.19. The zero-order valence-corrected chi connectivity index (χ0v) is 13.9. The quantitative estimate of drug-likeness (QED) is 0.689. The number of hydrogen-bond donors (Lipinski definition) is 2. The van der Waals surface area contributed by atoms with E-state index in [0.29, 0.717) is 10.6 Å². The van der Waals surface area contributed by atoms with E-state index in [9.17, 15) is 14.7 Å². The first kappa shape index (κ1) is 16.2. The maximum absolute atomic E-state index is 12.4. The Labute approximate surface area is 147 Å². The van der Waals surface area contributed by atoms with Crippen LogP contribution in [0.3, 0.4) is 0 Å². The lowest BCUT2D eigenvalue weighted by atomic mass is 10.1. The van der Waals surface area contributed by atoms with Gasteiger partial charge in [0.25, 0.3) is 5.91 Å². The topological polar surface area (TPSA) is 66.4 Å².